The highest BCUT2D eigenvalue weighted by Gasteiger charge is 2.38. The number of anilines is 2. The average molecular weight is 815 g/mol. The molecule has 0 saturated heterocycles. The van der Waals surface area contributed by atoms with E-state index in [4.69, 9.17) is 0 Å². The fourth-order valence-corrected chi connectivity index (χ4v) is 11.8. The van der Waals surface area contributed by atoms with Gasteiger partial charge in [-0.25, -0.2) is 0 Å². The van der Waals surface area contributed by atoms with Crippen LogP contribution in [0.1, 0.15) is 17.0 Å². The lowest BCUT2D eigenvalue weighted by molar-refractivity contribution is 0.747. The second-order valence-electron chi connectivity index (χ2n) is 17.7. The largest absolute Gasteiger partial charge is 0.333 e. The Labute approximate surface area is 368 Å². The number of fused-ring (bicyclic) bond motifs is 15. The maximum Gasteiger partial charge on any atom is 0.0630 e. The maximum atomic E-state index is 2.54. The third kappa shape index (κ3) is 4.51. The summed E-state index contributed by atoms with van der Waals surface area (Å²) in [6.45, 7) is 0. The Morgan fingerprint density at radius 1 is 0.359 bits per heavy atom. The van der Waals surface area contributed by atoms with Crippen molar-refractivity contribution < 1.29 is 0 Å². The molecule has 0 radical (unpaired) electrons. The number of rotatable bonds is 4. The second kappa shape index (κ2) is 12.6. The van der Waals surface area contributed by atoms with Crippen LogP contribution < -0.4 is 4.90 Å². The summed E-state index contributed by atoms with van der Waals surface area (Å²) in [6, 6.07) is 74.3. The van der Waals surface area contributed by atoms with Crippen molar-refractivity contribution in [3.8, 4) is 11.4 Å². The zero-order valence-electron chi connectivity index (χ0n) is 34.7. The zero-order chi connectivity index (χ0) is 41.6. The fraction of sp³-hybridized carbons (Fsp3) is 0.0333. The summed E-state index contributed by atoms with van der Waals surface area (Å²) in [4.78, 5) is 2.54. The van der Waals surface area contributed by atoms with Crippen LogP contribution in [0.4, 0.5) is 11.4 Å². The predicted octanol–water partition coefficient (Wildman–Crippen LogP) is 15.3. The van der Waals surface area contributed by atoms with E-state index in [0.29, 0.717) is 0 Å². The van der Waals surface area contributed by atoms with E-state index in [1.54, 1.807) is 0 Å². The number of aromatic nitrogens is 3. The first kappa shape index (κ1) is 34.3. The summed E-state index contributed by atoms with van der Waals surface area (Å²) in [5.74, 6) is 0.217. The first-order chi connectivity index (χ1) is 31.8. The van der Waals surface area contributed by atoms with Gasteiger partial charge in [0.05, 0.1) is 44.7 Å². The van der Waals surface area contributed by atoms with Crippen molar-refractivity contribution in [3.63, 3.8) is 0 Å². The van der Waals surface area contributed by atoms with E-state index in [9.17, 15) is 0 Å². The predicted molar refractivity (Wildman–Crippen MR) is 268 cm³/mol. The summed E-state index contributed by atoms with van der Waals surface area (Å²) >= 11 is 0. The molecule has 4 nitrogen and oxygen atoms in total. The average Bonchev–Trinajstić information content (AvgIpc) is 4.15. The van der Waals surface area contributed by atoms with Gasteiger partial charge in [-0.15, -0.1) is 0 Å². The molecular formula is C60H38N4. The van der Waals surface area contributed by atoms with Crippen LogP contribution >= 0.6 is 0 Å². The minimum atomic E-state index is 0.175. The van der Waals surface area contributed by atoms with Crippen molar-refractivity contribution in [2.75, 3.05) is 4.90 Å². The van der Waals surface area contributed by atoms with E-state index in [1.165, 1.54) is 121 Å². The van der Waals surface area contributed by atoms with E-state index in [0.717, 1.165) is 0 Å². The first-order valence-corrected chi connectivity index (χ1v) is 22.3. The Bertz CT molecular complexity index is 4020. The molecule has 0 fully saturated rings. The second-order valence-corrected chi connectivity index (χ2v) is 17.7. The molecule has 4 aromatic heterocycles. The smallest absolute Gasteiger partial charge is 0.0630 e. The highest BCUT2D eigenvalue weighted by molar-refractivity contribution is 6.24. The van der Waals surface area contributed by atoms with Gasteiger partial charge in [0.1, 0.15) is 0 Å². The Kier molecular flexibility index (Phi) is 6.76. The molecule has 1 aliphatic carbocycles. The SMILES string of the molecule is C1=CC2C(C=C1c1ccc3c(c1)c1ccccc1n3-c1cc3c4ccccc4n4c5ccccc5c(c1)c34)c1ccccc1N2c1ccc(-n2c3ccccc3c3ccccc32)cc1. The Morgan fingerprint density at radius 2 is 0.844 bits per heavy atom. The molecule has 0 spiro atoms. The van der Waals surface area contributed by atoms with Gasteiger partial charge in [-0.1, -0.05) is 133 Å². The summed E-state index contributed by atoms with van der Waals surface area (Å²) in [7, 11) is 0. The quantitative estimate of drug-likeness (QED) is 0.173. The molecule has 0 bridgehead atoms. The van der Waals surface area contributed by atoms with Crippen LogP contribution in [0, 0.1) is 0 Å². The molecule has 1 aliphatic heterocycles. The van der Waals surface area contributed by atoms with Gasteiger partial charge in [0.2, 0.25) is 0 Å². The molecule has 13 aromatic rings. The molecule has 2 aliphatic rings. The van der Waals surface area contributed by atoms with E-state index in [2.05, 4.69) is 237 Å². The van der Waals surface area contributed by atoms with Crippen molar-refractivity contribution in [2.45, 2.75) is 12.0 Å². The van der Waals surface area contributed by atoms with Crippen LogP contribution in [-0.4, -0.2) is 19.6 Å². The molecule has 9 aromatic carbocycles. The zero-order valence-corrected chi connectivity index (χ0v) is 34.7. The minimum Gasteiger partial charge on any atom is -0.333 e. The molecule has 5 heterocycles. The summed E-state index contributed by atoms with van der Waals surface area (Å²) < 4.78 is 7.33. The van der Waals surface area contributed by atoms with Gasteiger partial charge >= 0.3 is 0 Å². The maximum absolute atomic E-state index is 2.54. The summed E-state index contributed by atoms with van der Waals surface area (Å²) in [5, 5.41) is 10.2. The normalized spacial score (nSPS) is 16.1. The number of hydrogen-bond acceptors (Lipinski definition) is 1. The Hall–Kier alpha value is -8.34. The van der Waals surface area contributed by atoms with Gasteiger partial charge in [-0.3, -0.25) is 0 Å². The van der Waals surface area contributed by atoms with Gasteiger partial charge in [-0.05, 0) is 102 Å². The number of benzene rings is 9. The van der Waals surface area contributed by atoms with Crippen LogP contribution in [0.25, 0.3) is 98.7 Å². The van der Waals surface area contributed by atoms with Crippen molar-refractivity contribution in [3.05, 3.63) is 230 Å². The summed E-state index contributed by atoms with van der Waals surface area (Å²) in [5.41, 5.74) is 17.4. The summed E-state index contributed by atoms with van der Waals surface area (Å²) in [6.07, 6.45) is 7.30. The minimum absolute atomic E-state index is 0.175. The van der Waals surface area contributed by atoms with Crippen LogP contribution in [-0.2, 0) is 0 Å². The van der Waals surface area contributed by atoms with E-state index in [1.807, 2.05) is 0 Å². The van der Waals surface area contributed by atoms with Gasteiger partial charge < -0.3 is 18.4 Å². The number of hydrogen-bond donors (Lipinski definition) is 0. The van der Waals surface area contributed by atoms with Gasteiger partial charge in [0, 0.05) is 71.8 Å². The van der Waals surface area contributed by atoms with Crippen LogP contribution in [0.5, 0.6) is 0 Å². The van der Waals surface area contributed by atoms with Crippen LogP contribution in [0.15, 0.2) is 218 Å². The fourth-order valence-electron chi connectivity index (χ4n) is 11.8. The molecule has 64 heavy (non-hydrogen) atoms. The van der Waals surface area contributed by atoms with Crippen LogP contribution in [0.2, 0.25) is 0 Å². The molecule has 0 saturated carbocycles. The third-order valence-electron chi connectivity index (χ3n) is 14.5. The number of para-hydroxylation sites is 6. The Morgan fingerprint density at radius 3 is 1.47 bits per heavy atom. The monoisotopic (exact) mass is 814 g/mol. The molecule has 2 atom stereocenters. The topological polar surface area (TPSA) is 17.5 Å². The number of nitrogens with zero attached hydrogens (tertiary/aromatic N) is 4. The number of allylic oxidation sites excluding steroid dienone is 2. The van der Waals surface area contributed by atoms with Gasteiger partial charge in [0.25, 0.3) is 0 Å². The third-order valence-corrected chi connectivity index (χ3v) is 14.5. The molecule has 0 amide bonds. The standard InChI is InChI=1S/C60H38N4/c1-7-19-52-42(13-1)43-14-2-8-20-53(43)61(52)39-27-29-40(30-28-39)62-54-21-9-3-15-44(54)48-33-37(25-31-58(48)62)38-26-32-59-49(34-38)45-16-4-10-22-55(45)63(59)41-35-50-46-17-5-11-23-56(46)64-57-24-12-6-18-47(57)51(36-41)60(50)64/h1-36,48,58H. The van der Waals surface area contributed by atoms with E-state index < -0.39 is 0 Å². The molecule has 15 rings (SSSR count). The van der Waals surface area contributed by atoms with Gasteiger partial charge in [-0.2, -0.15) is 0 Å². The van der Waals surface area contributed by atoms with Crippen molar-refractivity contribution in [2.24, 2.45) is 0 Å². The lowest BCUT2D eigenvalue weighted by Crippen LogP contribution is -2.28. The molecule has 4 heteroatoms. The van der Waals surface area contributed by atoms with E-state index in [-0.39, 0.29) is 12.0 Å². The lowest BCUT2D eigenvalue weighted by atomic mass is 9.86. The first-order valence-electron chi connectivity index (χ1n) is 22.3. The van der Waals surface area contributed by atoms with Crippen molar-refractivity contribution in [1.29, 1.82) is 0 Å². The molecular weight excluding hydrogens is 777 g/mol. The Balaban J connectivity index is 0.831. The highest BCUT2D eigenvalue weighted by Crippen LogP contribution is 2.50. The molecule has 0 N–H and O–H groups in total. The van der Waals surface area contributed by atoms with Crippen molar-refractivity contribution >= 4 is 98.7 Å². The molecule has 2 unspecified atom stereocenters. The van der Waals surface area contributed by atoms with Crippen molar-refractivity contribution in [1.82, 2.24) is 13.5 Å². The highest BCUT2D eigenvalue weighted by atomic mass is 15.2. The molecule has 298 valence electrons. The lowest BCUT2D eigenvalue weighted by Gasteiger charge is -2.30. The van der Waals surface area contributed by atoms with E-state index >= 15 is 0 Å². The van der Waals surface area contributed by atoms with Crippen LogP contribution in [0.3, 0.4) is 0 Å². The van der Waals surface area contributed by atoms with Gasteiger partial charge in [0.15, 0.2) is 0 Å².